The van der Waals surface area contributed by atoms with Crippen LogP contribution in [0.5, 0.6) is 0 Å². The Balaban J connectivity index is 1.21. The minimum absolute atomic E-state index is 0.562. The Hall–Kier alpha value is -7.28. The fraction of sp³-hybridized carbons (Fsp3) is 0. The minimum atomic E-state index is -1.90. The van der Waals surface area contributed by atoms with Crippen LogP contribution in [0.25, 0.3) is 66.9 Å². The van der Waals surface area contributed by atoms with Gasteiger partial charge in [0.15, 0.2) is 5.82 Å². The van der Waals surface area contributed by atoms with Crippen LogP contribution in [0.2, 0.25) is 0 Å². The summed E-state index contributed by atoms with van der Waals surface area (Å²) in [5.74, 6) is 1.74. The van der Waals surface area contributed by atoms with E-state index in [9.17, 15) is 0 Å². The zero-order valence-corrected chi connectivity index (χ0v) is 31.7. The van der Waals surface area contributed by atoms with Gasteiger partial charge in [0.25, 0.3) is 0 Å². The number of aromatic nitrogens is 5. The Morgan fingerprint density at radius 1 is 0.298 bits per heavy atom. The van der Waals surface area contributed by atoms with E-state index in [0.29, 0.717) is 17.7 Å². The molecule has 0 saturated heterocycles. The van der Waals surface area contributed by atoms with Crippen molar-refractivity contribution in [3.05, 3.63) is 212 Å². The average Bonchev–Trinajstić information content (AvgIpc) is 3.81. The van der Waals surface area contributed by atoms with Gasteiger partial charge in [0, 0.05) is 46.7 Å². The maximum Gasteiger partial charge on any atom is 0.240 e. The molecule has 3 heterocycles. The second kappa shape index (κ2) is 13.5. The standard InChI is InChI=1S/C51H35N5S/c1-5-19-36(20-6-1)49-52-50(55-45-30-16-13-27-41(45)42-28-14-17-31-46(42)55)54-51(53-49)56-47-32-18-15-29-43(47)44-35-40(33-34-48(44)56)57(37-21-7-2-8-22-37,38-23-9-3-10-24-38)39-25-11-4-12-26-39/h1-35H. The van der Waals surface area contributed by atoms with Crippen LogP contribution >= 0.6 is 10.0 Å². The second-order valence-electron chi connectivity index (χ2n) is 14.1. The van der Waals surface area contributed by atoms with Gasteiger partial charge in [-0.3, -0.25) is 9.13 Å². The maximum absolute atomic E-state index is 5.37. The number of fused-ring (bicyclic) bond motifs is 6. The molecule has 0 radical (unpaired) electrons. The lowest BCUT2D eigenvalue weighted by molar-refractivity contribution is 0.892. The van der Waals surface area contributed by atoms with Crippen LogP contribution in [-0.2, 0) is 0 Å². The van der Waals surface area contributed by atoms with Gasteiger partial charge in [-0.05, 0) is 72.8 Å². The monoisotopic (exact) mass is 749 g/mol. The van der Waals surface area contributed by atoms with E-state index in [1.54, 1.807) is 0 Å². The number of hydrogen-bond donors (Lipinski definition) is 0. The Kier molecular flexibility index (Phi) is 7.83. The van der Waals surface area contributed by atoms with E-state index in [1.807, 2.05) is 18.2 Å². The summed E-state index contributed by atoms with van der Waals surface area (Å²) in [4.78, 5) is 20.9. The molecule has 0 amide bonds. The smallest absolute Gasteiger partial charge is 0.240 e. The van der Waals surface area contributed by atoms with Crippen LogP contribution in [0, 0.1) is 0 Å². The predicted octanol–water partition coefficient (Wildman–Crippen LogP) is 13.1. The first-order chi connectivity index (χ1) is 28.3. The van der Waals surface area contributed by atoms with Crippen molar-refractivity contribution in [2.24, 2.45) is 0 Å². The van der Waals surface area contributed by atoms with Gasteiger partial charge in [0.05, 0.1) is 22.1 Å². The van der Waals surface area contributed by atoms with Gasteiger partial charge < -0.3 is 0 Å². The van der Waals surface area contributed by atoms with Crippen molar-refractivity contribution >= 4 is 53.6 Å². The lowest BCUT2D eigenvalue weighted by atomic mass is 10.1. The molecule has 0 N–H and O–H groups in total. The highest BCUT2D eigenvalue weighted by Gasteiger charge is 2.34. The number of hydrogen-bond acceptors (Lipinski definition) is 3. The van der Waals surface area contributed by atoms with Gasteiger partial charge in [0.2, 0.25) is 11.9 Å². The van der Waals surface area contributed by atoms with Gasteiger partial charge in [-0.15, -0.1) is 10.0 Å². The average molecular weight is 750 g/mol. The number of rotatable bonds is 7. The second-order valence-corrected chi connectivity index (χ2v) is 17.2. The highest BCUT2D eigenvalue weighted by Crippen LogP contribution is 2.73. The first kappa shape index (κ1) is 33.1. The van der Waals surface area contributed by atoms with Gasteiger partial charge in [-0.2, -0.15) is 15.0 Å². The lowest BCUT2D eigenvalue weighted by Crippen LogP contribution is -2.10. The first-order valence-corrected chi connectivity index (χ1v) is 20.7. The summed E-state index contributed by atoms with van der Waals surface area (Å²) in [7, 11) is -1.90. The van der Waals surface area contributed by atoms with Crippen molar-refractivity contribution in [2.75, 3.05) is 0 Å². The molecule has 0 fully saturated rings. The molecule has 0 unspecified atom stereocenters. The van der Waals surface area contributed by atoms with Crippen LogP contribution in [0.1, 0.15) is 0 Å². The highest BCUT2D eigenvalue weighted by molar-refractivity contribution is 8.34. The van der Waals surface area contributed by atoms with Crippen LogP contribution in [-0.4, -0.2) is 24.1 Å². The molecule has 5 nitrogen and oxygen atoms in total. The van der Waals surface area contributed by atoms with Crippen molar-refractivity contribution in [1.29, 1.82) is 0 Å². The van der Waals surface area contributed by atoms with Gasteiger partial charge >= 0.3 is 0 Å². The molecule has 11 aromatic rings. The van der Waals surface area contributed by atoms with E-state index in [0.717, 1.165) is 49.2 Å². The molecule has 0 atom stereocenters. The molecule has 0 saturated carbocycles. The van der Waals surface area contributed by atoms with Crippen LogP contribution in [0.4, 0.5) is 0 Å². The van der Waals surface area contributed by atoms with Crippen molar-refractivity contribution in [3.8, 4) is 23.3 Å². The molecule has 11 rings (SSSR count). The van der Waals surface area contributed by atoms with Gasteiger partial charge in [-0.1, -0.05) is 140 Å². The van der Waals surface area contributed by atoms with E-state index in [1.165, 1.54) is 19.6 Å². The molecule has 0 aliphatic heterocycles. The molecule has 0 bridgehead atoms. The van der Waals surface area contributed by atoms with E-state index < -0.39 is 10.0 Å². The number of nitrogens with zero attached hydrogens (tertiary/aromatic N) is 5. The Labute approximate surface area is 331 Å². The third-order valence-corrected chi connectivity index (χ3v) is 14.8. The van der Waals surface area contributed by atoms with Crippen molar-refractivity contribution in [3.63, 3.8) is 0 Å². The summed E-state index contributed by atoms with van der Waals surface area (Å²) in [5.41, 5.74) is 5.07. The third kappa shape index (κ3) is 5.22. The fourth-order valence-corrected chi connectivity index (χ4v) is 12.4. The molecular formula is C51H35N5S. The molecule has 0 spiro atoms. The summed E-state index contributed by atoms with van der Waals surface area (Å²) in [6.45, 7) is 0. The quantitative estimate of drug-likeness (QED) is 0.163. The Morgan fingerprint density at radius 2 is 0.667 bits per heavy atom. The van der Waals surface area contributed by atoms with E-state index in [4.69, 9.17) is 15.0 Å². The highest BCUT2D eigenvalue weighted by atomic mass is 32.3. The summed E-state index contributed by atoms with van der Waals surface area (Å²) >= 11 is 0. The van der Waals surface area contributed by atoms with Gasteiger partial charge in [0.1, 0.15) is 0 Å². The summed E-state index contributed by atoms with van der Waals surface area (Å²) in [6.07, 6.45) is 0. The SMILES string of the molecule is c1ccc(-c2nc(-n3c4ccccc4c4ccccc43)nc(-n3c4ccccc4c4cc(S(c5ccccc5)(c5ccccc5)c5ccccc5)ccc43)n2)cc1. The number of para-hydroxylation sites is 3. The topological polar surface area (TPSA) is 48.5 Å². The molecule has 270 valence electrons. The van der Waals surface area contributed by atoms with Gasteiger partial charge in [-0.25, -0.2) is 0 Å². The largest absolute Gasteiger partial charge is 0.278 e. The van der Waals surface area contributed by atoms with Crippen LogP contribution in [0.15, 0.2) is 232 Å². The molecular weight excluding hydrogens is 715 g/mol. The minimum Gasteiger partial charge on any atom is -0.278 e. The molecule has 57 heavy (non-hydrogen) atoms. The molecule has 0 aliphatic rings. The molecule has 6 heteroatoms. The summed E-state index contributed by atoms with van der Waals surface area (Å²) in [6, 6.07) is 75.8. The van der Waals surface area contributed by atoms with E-state index >= 15 is 0 Å². The van der Waals surface area contributed by atoms with Crippen molar-refractivity contribution in [1.82, 2.24) is 24.1 Å². The number of benzene rings is 8. The fourth-order valence-electron chi connectivity index (χ4n) is 8.46. The Morgan fingerprint density at radius 3 is 1.12 bits per heavy atom. The Bertz CT molecular complexity index is 3080. The van der Waals surface area contributed by atoms with E-state index in [2.05, 4.69) is 203 Å². The molecule has 8 aromatic carbocycles. The lowest BCUT2D eigenvalue weighted by Gasteiger charge is -2.42. The summed E-state index contributed by atoms with van der Waals surface area (Å²) < 4.78 is 4.38. The summed E-state index contributed by atoms with van der Waals surface area (Å²) in [5, 5.41) is 4.59. The predicted molar refractivity (Wildman–Crippen MR) is 234 cm³/mol. The molecule has 3 aromatic heterocycles. The van der Waals surface area contributed by atoms with Crippen LogP contribution < -0.4 is 0 Å². The van der Waals surface area contributed by atoms with Crippen molar-refractivity contribution in [2.45, 2.75) is 19.6 Å². The molecule has 0 aliphatic carbocycles. The normalized spacial score (nSPS) is 12.1. The first-order valence-electron chi connectivity index (χ1n) is 19.1. The zero-order valence-electron chi connectivity index (χ0n) is 30.9. The van der Waals surface area contributed by atoms with E-state index in [-0.39, 0.29) is 0 Å². The zero-order chi connectivity index (χ0) is 37.8. The van der Waals surface area contributed by atoms with Crippen molar-refractivity contribution < 1.29 is 0 Å². The maximum atomic E-state index is 5.37. The van der Waals surface area contributed by atoms with Crippen LogP contribution in [0.3, 0.4) is 0 Å². The third-order valence-electron chi connectivity index (χ3n) is 10.9.